The van der Waals surface area contributed by atoms with Crippen molar-refractivity contribution in [3.63, 3.8) is 0 Å². The number of likely N-dealkylation sites (N-methyl/N-ethyl adjacent to an activating group) is 1. The lowest BCUT2D eigenvalue weighted by Gasteiger charge is -2.11. The van der Waals surface area contributed by atoms with E-state index in [2.05, 4.69) is 5.32 Å². The summed E-state index contributed by atoms with van der Waals surface area (Å²) in [5.41, 5.74) is 0. The molecule has 0 aliphatic carbocycles. The van der Waals surface area contributed by atoms with Crippen molar-refractivity contribution in [2.75, 3.05) is 13.6 Å². The van der Waals surface area contributed by atoms with Crippen LogP contribution in [-0.2, 0) is 0 Å². The first-order valence-corrected chi connectivity index (χ1v) is 2.80. The first-order valence-electron chi connectivity index (χ1n) is 2.80. The summed E-state index contributed by atoms with van der Waals surface area (Å²) in [6.45, 7) is 2.46. The highest BCUT2D eigenvalue weighted by atomic mass is 19.1. The predicted octanol–water partition coefficient (Wildman–Crippen LogP) is 0.163. The molecule has 2 nitrogen and oxygen atoms in total. The Bertz CT molecular complexity index is 76.5. The summed E-state index contributed by atoms with van der Waals surface area (Å²) in [6.07, 6.45) is -0.625. The number of halogens is 1. The van der Waals surface area contributed by atoms with Gasteiger partial charge in [0.1, 0.15) is 0 Å². The van der Waals surface area contributed by atoms with Gasteiger partial charge >= 0.3 is 0 Å². The van der Waals surface area contributed by atoms with Crippen LogP contribution in [0.1, 0.15) is 6.92 Å². The second-order valence-corrected chi connectivity index (χ2v) is 2.25. The topological polar surface area (TPSA) is 15.3 Å². The van der Waals surface area contributed by atoms with Gasteiger partial charge in [0.15, 0.2) is 6.30 Å². The molecule has 1 aliphatic heterocycles. The smallest absolute Gasteiger partial charge is 0.165 e. The molecule has 2 unspecified atom stereocenters. The lowest BCUT2D eigenvalue weighted by atomic mass is 10.5. The molecular formula is C5H11FN2. The van der Waals surface area contributed by atoms with Gasteiger partial charge in [-0.1, -0.05) is 0 Å². The number of nitrogens with zero attached hydrogens (tertiary/aromatic N) is 1. The van der Waals surface area contributed by atoms with Gasteiger partial charge in [-0.25, -0.2) is 4.39 Å². The van der Waals surface area contributed by atoms with Crippen molar-refractivity contribution in [3.05, 3.63) is 0 Å². The van der Waals surface area contributed by atoms with E-state index in [9.17, 15) is 4.39 Å². The second kappa shape index (κ2) is 1.99. The lowest BCUT2D eigenvalue weighted by molar-refractivity contribution is 0.302. The molecule has 0 aromatic carbocycles. The third kappa shape index (κ3) is 0.980. The Labute approximate surface area is 48.7 Å². The van der Waals surface area contributed by atoms with Crippen LogP contribution in [0.2, 0.25) is 0 Å². The van der Waals surface area contributed by atoms with E-state index >= 15 is 0 Å². The third-order valence-electron chi connectivity index (χ3n) is 1.53. The third-order valence-corrected chi connectivity index (χ3v) is 1.53. The van der Waals surface area contributed by atoms with Crippen LogP contribution in [0.25, 0.3) is 0 Å². The number of nitrogens with one attached hydrogen (secondary N) is 1. The molecular weight excluding hydrogens is 107 g/mol. The van der Waals surface area contributed by atoms with Crippen molar-refractivity contribution < 1.29 is 4.39 Å². The maximum Gasteiger partial charge on any atom is 0.165 e. The molecule has 0 spiro atoms. The summed E-state index contributed by atoms with van der Waals surface area (Å²) >= 11 is 0. The Morgan fingerprint density at radius 2 is 2.38 bits per heavy atom. The van der Waals surface area contributed by atoms with E-state index in [0.717, 1.165) is 0 Å². The number of hydrogen-bond donors (Lipinski definition) is 1. The van der Waals surface area contributed by atoms with E-state index in [1.165, 1.54) is 0 Å². The Morgan fingerprint density at radius 1 is 1.75 bits per heavy atom. The van der Waals surface area contributed by atoms with E-state index in [-0.39, 0.29) is 6.17 Å². The van der Waals surface area contributed by atoms with Crippen molar-refractivity contribution in [1.82, 2.24) is 10.2 Å². The molecule has 2 atom stereocenters. The van der Waals surface area contributed by atoms with Crippen LogP contribution in [0.5, 0.6) is 0 Å². The molecule has 0 amide bonds. The van der Waals surface area contributed by atoms with Crippen LogP contribution >= 0.6 is 0 Å². The number of rotatable bonds is 0. The van der Waals surface area contributed by atoms with Gasteiger partial charge in [0.2, 0.25) is 0 Å². The molecule has 1 heterocycles. The molecule has 0 bridgehead atoms. The van der Waals surface area contributed by atoms with Crippen molar-refractivity contribution in [3.8, 4) is 0 Å². The fourth-order valence-corrected chi connectivity index (χ4v) is 0.853. The largest absolute Gasteiger partial charge is 0.287 e. The maximum absolute atomic E-state index is 12.3. The van der Waals surface area contributed by atoms with Gasteiger partial charge in [0.05, 0.1) is 6.17 Å². The van der Waals surface area contributed by atoms with E-state index in [4.69, 9.17) is 0 Å². The van der Waals surface area contributed by atoms with Crippen LogP contribution < -0.4 is 5.32 Å². The zero-order valence-electron chi connectivity index (χ0n) is 5.19. The zero-order valence-corrected chi connectivity index (χ0v) is 5.19. The normalized spacial score (nSPS) is 40.9. The SMILES string of the molecule is CC1NC(F)CN1C. The highest BCUT2D eigenvalue weighted by Crippen LogP contribution is 2.04. The quantitative estimate of drug-likeness (QED) is 0.456. The molecule has 8 heavy (non-hydrogen) atoms. The Morgan fingerprint density at radius 3 is 2.50 bits per heavy atom. The predicted molar refractivity (Wildman–Crippen MR) is 30.1 cm³/mol. The fourth-order valence-electron chi connectivity index (χ4n) is 0.853. The standard InChI is InChI=1S/C5H11FN2/c1-4-7-5(6)3-8(4)2/h4-5,7H,3H2,1-2H3. The van der Waals surface area contributed by atoms with Gasteiger partial charge in [-0.05, 0) is 14.0 Å². The van der Waals surface area contributed by atoms with Crippen LogP contribution in [-0.4, -0.2) is 31.0 Å². The van der Waals surface area contributed by atoms with Gasteiger partial charge in [-0.15, -0.1) is 0 Å². The minimum atomic E-state index is -0.824. The van der Waals surface area contributed by atoms with E-state index in [1.54, 1.807) is 0 Å². The zero-order chi connectivity index (χ0) is 6.15. The van der Waals surface area contributed by atoms with Crippen LogP contribution in [0, 0.1) is 0 Å². The Hall–Kier alpha value is -0.150. The molecule has 1 N–H and O–H groups in total. The van der Waals surface area contributed by atoms with Crippen molar-refractivity contribution >= 4 is 0 Å². The molecule has 0 saturated carbocycles. The van der Waals surface area contributed by atoms with Crippen molar-refractivity contribution in [2.45, 2.75) is 19.4 Å². The summed E-state index contributed by atoms with van der Waals surface area (Å²) in [7, 11) is 1.90. The average Bonchev–Trinajstić information content (AvgIpc) is 1.85. The Kier molecular flexibility index (Phi) is 1.49. The van der Waals surface area contributed by atoms with E-state index in [0.29, 0.717) is 6.54 Å². The van der Waals surface area contributed by atoms with Gasteiger partial charge in [0.25, 0.3) is 0 Å². The van der Waals surface area contributed by atoms with Gasteiger partial charge < -0.3 is 0 Å². The summed E-state index contributed by atoms with van der Waals surface area (Å²) < 4.78 is 12.3. The van der Waals surface area contributed by atoms with Crippen LogP contribution in [0.15, 0.2) is 0 Å². The first-order chi connectivity index (χ1) is 3.70. The summed E-state index contributed by atoms with van der Waals surface area (Å²) in [5.74, 6) is 0. The molecule has 3 heteroatoms. The van der Waals surface area contributed by atoms with E-state index < -0.39 is 6.30 Å². The lowest BCUT2D eigenvalue weighted by Crippen LogP contribution is -2.29. The molecule has 0 aromatic heterocycles. The molecule has 1 fully saturated rings. The minimum absolute atomic E-state index is 0.199. The second-order valence-electron chi connectivity index (χ2n) is 2.25. The monoisotopic (exact) mass is 118 g/mol. The van der Waals surface area contributed by atoms with Crippen molar-refractivity contribution in [1.29, 1.82) is 0 Å². The highest BCUT2D eigenvalue weighted by Gasteiger charge is 2.23. The number of hydrogen-bond acceptors (Lipinski definition) is 2. The number of alkyl halides is 1. The molecule has 1 aliphatic rings. The summed E-state index contributed by atoms with van der Waals surface area (Å²) in [5, 5.41) is 2.73. The summed E-state index contributed by atoms with van der Waals surface area (Å²) in [4.78, 5) is 1.94. The molecule has 0 aromatic rings. The fraction of sp³-hybridized carbons (Fsp3) is 1.00. The molecule has 1 saturated heterocycles. The van der Waals surface area contributed by atoms with Gasteiger partial charge in [-0.2, -0.15) is 0 Å². The van der Waals surface area contributed by atoms with Crippen LogP contribution in [0.4, 0.5) is 4.39 Å². The van der Waals surface area contributed by atoms with E-state index in [1.807, 2.05) is 18.9 Å². The maximum atomic E-state index is 12.3. The van der Waals surface area contributed by atoms with Crippen LogP contribution in [0.3, 0.4) is 0 Å². The minimum Gasteiger partial charge on any atom is -0.287 e. The molecule has 0 radical (unpaired) electrons. The average molecular weight is 118 g/mol. The first kappa shape index (κ1) is 5.98. The van der Waals surface area contributed by atoms with Crippen molar-refractivity contribution in [2.24, 2.45) is 0 Å². The van der Waals surface area contributed by atoms with Gasteiger partial charge in [-0.3, -0.25) is 10.2 Å². The highest BCUT2D eigenvalue weighted by molar-refractivity contribution is 4.73. The molecule has 48 valence electrons. The van der Waals surface area contributed by atoms with Gasteiger partial charge in [0, 0.05) is 6.54 Å². The molecule has 1 rings (SSSR count). The Balaban J connectivity index is 2.39. The summed E-state index contributed by atoms with van der Waals surface area (Å²) in [6, 6.07) is 0.